The van der Waals surface area contributed by atoms with Crippen LogP contribution in [0.25, 0.3) is 16.5 Å². The average molecular weight is 295 g/mol. The van der Waals surface area contributed by atoms with E-state index in [0.717, 1.165) is 16.5 Å². The molecule has 2 aromatic carbocycles. The summed E-state index contributed by atoms with van der Waals surface area (Å²) in [4.78, 5) is 12.8. The van der Waals surface area contributed by atoms with E-state index in [4.69, 9.17) is 0 Å². The van der Waals surface area contributed by atoms with Gasteiger partial charge in [-0.2, -0.15) is 0 Å². The third-order valence-electron chi connectivity index (χ3n) is 3.94. The van der Waals surface area contributed by atoms with Gasteiger partial charge in [0, 0.05) is 11.6 Å². The third-order valence-corrected chi connectivity index (χ3v) is 3.94. The molecular weight excluding hydrogens is 277 g/mol. The molecule has 112 valence electrons. The smallest absolute Gasteiger partial charge is 0.263 e. The summed E-state index contributed by atoms with van der Waals surface area (Å²) < 4.78 is 15.6. The molecule has 1 aromatic heterocycles. The van der Waals surface area contributed by atoms with Gasteiger partial charge >= 0.3 is 0 Å². The van der Waals surface area contributed by atoms with Crippen molar-refractivity contribution >= 4 is 10.8 Å². The minimum Gasteiger partial charge on any atom is -0.280 e. The molecule has 3 heteroatoms. The predicted molar refractivity (Wildman–Crippen MR) is 88.3 cm³/mol. The Morgan fingerprint density at radius 3 is 2.41 bits per heavy atom. The quantitative estimate of drug-likeness (QED) is 0.679. The number of benzene rings is 2. The number of fused-ring (bicyclic) bond motifs is 1. The van der Waals surface area contributed by atoms with E-state index in [2.05, 4.69) is 13.8 Å². The lowest BCUT2D eigenvalue weighted by Gasteiger charge is -2.15. The molecule has 22 heavy (non-hydrogen) atoms. The van der Waals surface area contributed by atoms with Crippen molar-refractivity contribution in [2.45, 2.75) is 26.7 Å². The molecule has 0 saturated heterocycles. The average Bonchev–Trinajstić information content (AvgIpc) is 2.50. The molecule has 0 aliphatic rings. The maximum absolute atomic E-state index is 14.2. The molecule has 0 atom stereocenters. The summed E-state index contributed by atoms with van der Waals surface area (Å²) in [5.74, 6) is -0.151. The van der Waals surface area contributed by atoms with Crippen molar-refractivity contribution in [1.29, 1.82) is 0 Å². The van der Waals surface area contributed by atoms with Gasteiger partial charge in [0.25, 0.3) is 5.56 Å². The van der Waals surface area contributed by atoms with E-state index in [1.165, 1.54) is 10.6 Å². The maximum Gasteiger partial charge on any atom is 0.263 e. The number of pyridine rings is 1. The number of halogens is 1. The van der Waals surface area contributed by atoms with E-state index < -0.39 is 5.82 Å². The summed E-state index contributed by atoms with van der Waals surface area (Å²) in [5, 5.41) is 1.56. The molecule has 0 radical (unpaired) electrons. The van der Waals surface area contributed by atoms with Crippen LogP contribution in [0.4, 0.5) is 4.39 Å². The summed E-state index contributed by atoms with van der Waals surface area (Å²) in [5.41, 5.74) is 2.07. The Labute approximate surface area is 128 Å². The molecule has 2 nitrogen and oxygen atoms in total. The standard InChI is InChI=1S/C19H18FNO/c1-12(2)16-11-21(18-10-13(3)8-9-17(18)20)19(22)15-7-5-4-6-14(15)16/h4-12H,1-3H3. The number of aryl methyl sites for hydroxylation is 1. The summed E-state index contributed by atoms with van der Waals surface area (Å²) >= 11 is 0. The zero-order valence-electron chi connectivity index (χ0n) is 12.9. The third kappa shape index (κ3) is 2.33. The van der Waals surface area contributed by atoms with E-state index in [1.54, 1.807) is 24.4 Å². The van der Waals surface area contributed by atoms with Gasteiger partial charge in [-0.3, -0.25) is 9.36 Å². The van der Waals surface area contributed by atoms with Crippen molar-refractivity contribution in [2.75, 3.05) is 0 Å². The van der Waals surface area contributed by atoms with Crippen LogP contribution in [0.15, 0.2) is 53.5 Å². The van der Waals surface area contributed by atoms with Crippen molar-refractivity contribution < 1.29 is 4.39 Å². The summed E-state index contributed by atoms with van der Waals surface area (Å²) in [6, 6.07) is 12.3. The van der Waals surface area contributed by atoms with Gasteiger partial charge < -0.3 is 0 Å². The Bertz CT molecular complexity index is 909. The van der Waals surface area contributed by atoms with Crippen molar-refractivity contribution in [3.05, 3.63) is 76.0 Å². The second kappa shape index (κ2) is 5.41. The molecule has 3 rings (SSSR count). The van der Waals surface area contributed by atoms with Crippen LogP contribution >= 0.6 is 0 Å². The number of nitrogens with zero attached hydrogens (tertiary/aromatic N) is 1. The van der Waals surface area contributed by atoms with Gasteiger partial charge in [0.2, 0.25) is 0 Å². The van der Waals surface area contributed by atoms with Crippen LogP contribution in [-0.4, -0.2) is 4.57 Å². The predicted octanol–water partition coefficient (Wildman–Crippen LogP) is 4.56. The fourth-order valence-corrected chi connectivity index (χ4v) is 2.76. The Hall–Kier alpha value is -2.42. The summed E-state index contributed by atoms with van der Waals surface area (Å²) in [7, 11) is 0. The molecule has 0 aliphatic heterocycles. The molecule has 0 unspecified atom stereocenters. The number of hydrogen-bond donors (Lipinski definition) is 0. The Balaban J connectivity index is 2.43. The highest BCUT2D eigenvalue weighted by Crippen LogP contribution is 2.25. The molecule has 0 spiro atoms. The largest absolute Gasteiger partial charge is 0.280 e. The highest BCUT2D eigenvalue weighted by molar-refractivity contribution is 5.85. The van der Waals surface area contributed by atoms with Crippen LogP contribution < -0.4 is 5.56 Å². The van der Waals surface area contributed by atoms with Crippen LogP contribution in [0.5, 0.6) is 0 Å². The van der Waals surface area contributed by atoms with Crippen LogP contribution in [-0.2, 0) is 0 Å². The van der Waals surface area contributed by atoms with E-state index in [1.807, 2.05) is 25.1 Å². The molecule has 0 N–H and O–H groups in total. The van der Waals surface area contributed by atoms with Gasteiger partial charge in [-0.25, -0.2) is 4.39 Å². The van der Waals surface area contributed by atoms with Crippen LogP contribution in [0, 0.1) is 12.7 Å². The molecule has 0 amide bonds. The van der Waals surface area contributed by atoms with Gasteiger partial charge in [-0.05, 0) is 47.6 Å². The minimum absolute atomic E-state index is 0.190. The molecule has 0 aliphatic carbocycles. The number of hydrogen-bond acceptors (Lipinski definition) is 1. The first-order chi connectivity index (χ1) is 10.5. The normalized spacial score (nSPS) is 11.3. The van der Waals surface area contributed by atoms with Crippen LogP contribution in [0.1, 0.15) is 30.9 Å². The molecule has 0 bridgehead atoms. The topological polar surface area (TPSA) is 22.0 Å². The maximum atomic E-state index is 14.2. The van der Waals surface area contributed by atoms with Gasteiger partial charge in [-0.1, -0.05) is 38.1 Å². The second-order valence-corrected chi connectivity index (χ2v) is 5.91. The number of aromatic nitrogens is 1. The van der Waals surface area contributed by atoms with Gasteiger partial charge in [0.1, 0.15) is 5.82 Å². The SMILES string of the molecule is Cc1ccc(F)c(-n2cc(C(C)C)c3ccccc3c2=O)c1. The van der Waals surface area contributed by atoms with E-state index >= 15 is 0 Å². The highest BCUT2D eigenvalue weighted by atomic mass is 19.1. The lowest BCUT2D eigenvalue weighted by Crippen LogP contribution is -2.20. The molecule has 1 heterocycles. The van der Waals surface area contributed by atoms with E-state index in [0.29, 0.717) is 11.1 Å². The number of rotatable bonds is 2. The molecule has 3 aromatic rings. The molecule has 0 fully saturated rings. The first-order valence-electron chi connectivity index (χ1n) is 7.40. The Kier molecular flexibility index (Phi) is 3.57. The van der Waals surface area contributed by atoms with Crippen LogP contribution in [0.2, 0.25) is 0 Å². The first kappa shape index (κ1) is 14.5. The zero-order valence-corrected chi connectivity index (χ0v) is 12.9. The molecular formula is C19H18FNO. The first-order valence-corrected chi connectivity index (χ1v) is 7.40. The van der Waals surface area contributed by atoms with Crippen molar-refractivity contribution in [3.63, 3.8) is 0 Å². The van der Waals surface area contributed by atoms with Gasteiger partial charge in [0.15, 0.2) is 0 Å². The summed E-state index contributed by atoms with van der Waals surface area (Å²) in [6.07, 6.45) is 1.77. The Morgan fingerprint density at radius 1 is 1.05 bits per heavy atom. The fraction of sp³-hybridized carbons (Fsp3) is 0.211. The highest BCUT2D eigenvalue weighted by Gasteiger charge is 2.14. The molecule has 0 saturated carbocycles. The van der Waals surface area contributed by atoms with E-state index in [9.17, 15) is 9.18 Å². The van der Waals surface area contributed by atoms with Crippen LogP contribution in [0.3, 0.4) is 0 Å². The lowest BCUT2D eigenvalue weighted by molar-refractivity contribution is 0.615. The lowest BCUT2D eigenvalue weighted by atomic mass is 9.98. The van der Waals surface area contributed by atoms with Gasteiger partial charge in [0.05, 0.1) is 5.69 Å². The summed E-state index contributed by atoms with van der Waals surface area (Å²) in [6.45, 7) is 6.03. The Morgan fingerprint density at radius 2 is 1.73 bits per heavy atom. The monoisotopic (exact) mass is 295 g/mol. The van der Waals surface area contributed by atoms with Crippen molar-refractivity contribution in [1.82, 2.24) is 4.57 Å². The van der Waals surface area contributed by atoms with Gasteiger partial charge in [-0.15, -0.1) is 0 Å². The minimum atomic E-state index is -0.391. The van der Waals surface area contributed by atoms with Crippen molar-refractivity contribution in [2.24, 2.45) is 0 Å². The second-order valence-electron chi connectivity index (χ2n) is 5.91. The zero-order chi connectivity index (χ0) is 15.9. The van der Waals surface area contributed by atoms with E-state index in [-0.39, 0.29) is 11.5 Å². The van der Waals surface area contributed by atoms with Crippen molar-refractivity contribution in [3.8, 4) is 5.69 Å². The fourth-order valence-electron chi connectivity index (χ4n) is 2.76.